The average Bonchev–Trinajstić information content (AvgIpc) is 3.14. The predicted octanol–water partition coefficient (Wildman–Crippen LogP) is 3.30. The third-order valence-electron chi connectivity index (χ3n) is 6.53. The number of piperidine rings is 1. The molecule has 34 heavy (non-hydrogen) atoms. The quantitative estimate of drug-likeness (QED) is 0.549. The van der Waals surface area contributed by atoms with Gasteiger partial charge in [-0.15, -0.1) is 0 Å². The maximum absolute atomic E-state index is 12.8. The van der Waals surface area contributed by atoms with E-state index in [1.165, 1.54) is 0 Å². The van der Waals surface area contributed by atoms with Gasteiger partial charge in [-0.25, -0.2) is 4.79 Å². The van der Waals surface area contributed by atoms with Crippen LogP contribution in [0.5, 0.6) is 5.75 Å². The number of hydrogen-bond donors (Lipinski definition) is 2. The second kappa shape index (κ2) is 11.7. The number of methoxy groups -OCH3 is 1. The lowest BCUT2D eigenvalue weighted by Crippen LogP contribution is -2.43. The third kappa shape index (κ3) is 5.98. The Balaban J connectivity index is 1.47. The zero-order valence-corrected chi connectivity index (χ0v) is 20.5. The highest BCUT2D eigenvalue weighted by molar-refractivity contribution is 5.90. The number of benzene rings is 1. The summed E-state index contributed by atoms with van der Waals surface area (Å²) in [7, 11) is 1.62. The van der Waals surface area contributed by atoms with Gasteiger partial charge in [0.15, 0.2) is 0 Å². The molecule has 1 aromatic carbocycles. The molecule has 1 saturated heterocycles. The lowest BCUT2D eigenvalue weighted by Gasteiger charge is -2.31. The average molecular weight is 470 g/mol. The van der Waals surface area contributed by atoms with Gasteiger partial charge in [0.2, 0.25) is 11.8 Å². The van der Waals surface area contributed by atoms with Crippen LogP contribution in [0.4, 0.5) is 0 Å². The summed E-state index contributed by atoms with van der Waals surface area (Å²) in [5.74, 6) is 0.380. The maximum Gasteiger partial charge on any atom is 0.355 e. The molecule has 0 unspecified atom stereocenters. The van der Waals surface area contributed by atoms with E-state index in [9.17, 15) is 14.4 Å². The van der Waals surface area contributed by atoms with E-state index in [-0.39, 0.29) is 23.7 Å². The minimum Gasteiger partial charge on any atom is -0.496 e. The van der Waals surface area contributed by atoms with Gasteiger partial charge in [0.25, 0.3) is 0 Å². The summed E-state index contributed by atoms with van der Waals surface area (Å²) in [4.78, 5) is 42.5. The fraction of sp³-hybridized carbons (Fsp3) is 0.500. The molecule has 2 N–H and O–H groups in total. The van der Waals surface area contributed by atoms with Gasteiger partial charge in [-0.1, -0.05) is 18.2 Å². The van der Waals surface area contributed by atoms with Crippen molar-refractivity contribution in [2.24, 2.45) is 5.92 Å². The molecule has 1 aromatic heterocycles. The van der Waals surface area contributed by atoms with Crippen molar-refractivity contribution in [1.82, 2.24) is 15.2 Å². The van der Waals surface area contributed by atoms with Crippen molar-refractivity contribution in [1.29, 1.82) is 0 Å². The number of H-pyrrole nitrogens is 1. The van der Waals surface area contributed by atoms with Gasteiger partial charge in [0.1, 0.15) is 11.4 Å². The highest BCUT2D eigenvalue weighted by atomic mass is 16.5. The van der Waals surface area contributed by atoms with Crippen LogP contribution in [0.15, 0.2) is 24.3 Å². The van der Waals surface area contributed by atoms with Crippen molar-refractivity contribution < 1.29 is 23.9 Å². The molecule has 1 aliphatic rings. The van der Waals surface area contributed by atoms with Gasteiger partial charge in [-0.2, -0.15) is 0 Å². The number of aromatic nitrogens is 1. The van der Waals surface area contributed by atoms with Gasteiger partial charge in [0, 0.05) is 43.2 Å². The molecule has 8 heteroatoms. The van der Waals surface area contributed by atoms with Crippen LogP contribution < -0.4 is 10.1 Å². The maximum atomic E-state index is 12.8. The van der Waals surface area contributed by atoms with E-state index in [1.807, 2.05) is 43.0 Å². The Morgan fingerprint density at radius 1 is 1.15 bits per heavy atom. The number of likely N-dealkylation sites (tertiary alicyclic amines) is 1. The number of ether oxygens (including phenoxy) is 2. The molecule has 0 aliphatic carbocycles. The third-order valence-corrected chi connectivity index (χ3v) is 6.53. The number of carbonyl (C=O) groups is 3. The van der Waals surface area contributed by atoms with Crippen molar-refractivity contribution >= 4 is 17.8 Å². The topological polar surface area (TPSA) is 101 Å². The Bertz CT molecular complexity index is 1020. The lowest BCUT2D eigenvalue weighted by atomic mass is 9.95. The lowest BCUT2D eigenvalue weighted by molar-refractivity contribution is -0.135. The Kier molecular flexibility index (Phi) is 8.73. The monoisotopic (exact) mass is 469 g/mol. The number of amides is 2. The molecule has 0 radical (unpaired) electrons. The number of esters is 1. The van der Waals surface area contributed by atoms with Crippen LogP contribution in [0.1, 0.15) is 59.1 Å². The first-order valence-electron chi connectivity index (χ1n) is 11.9. The number of aromatic amines is 1. The van der Waals surface area contributed by atoms with Crippen LogP contribution in [0.25, 0.3) is 0 Å². The summed E-state index contributed by atoms with van der Waals surface area (Å²) in [6.45, 7) is 7.45. The fourth-order valence-corrected chi connectivity index (χ4v) is 4.53. The van der Waals surface area contributed by atoms with Gasteiger partial charge >= 0.3 is 5.97 Å². The largest absolute Gasteiger partial charge is 0.496 e. The highest BCUT2D eigenvalue weighted by Crippen LogP contribution is 2.23. The molecule has 0 spiro atoms. The first kappa shape index (κ1) is 25.3. The molecule has 0 bridgehead atoms. The van der Waals surface area contributed by atoms with Crippen molar-refractivity contribution in [2.75, 3.05) is 26.8 Å². The van der Waals surface area contributed by atoms with Crippen molar-refractivity contribution in [3.8, 4) is 5.75 Å². The van der Waals surface area contributed by atoms with Gasteiger partial charge in [-0.3, -0.25) is 9.59 Å². The SMILES string of the molecule is CCOC(=O)c1[nH]c(C)c(CCC(=O)N2CCC(C(=O)NCc3ccccc3OC)CC2)c1C. The summed E-state index contributed by atoms with van der Waals surface area (Å²) in [5.41, 5.74) is 4.11. The van der Waals surface area contributed by atoms with Gasteiger partial charge < -0.3 is 24.7 Å². The number of nitrogens with zero attached hydrogens (tertiary/aromatic N) is 1. The Morgan fingerprint density at radius 3 is 2.53 bits per heavy atom. The zero-order valence-electron chi connectivity index (χ0n) is 20.5. The van der Waals surface area contributed by atoms with Crippen LogP contribution >= 0.6 is 0 Å². The smallest absolute Gasteiger partial charge is 0.355 e. The Hall–Kier alpha value is -3.29. The summed E-state index contributed by atoms with van der Waals surface area (Å²) in [6, 6.07) is 7.63. The number of carbonyl (C=O) groups excluding carboxylic acids is 3. The molecule has 2 amide bonds. The predicted molar refractivity (Wildman–Crippen MR) is 129 cm³/mol. The van der Waals surface area contributed by atoms with Crippen LogP contribution in [-0.2, 0) is 27.3 Å². The highest BCUT2D eigenvalue weighted by Gasteiger charge is 2.27. The van der Waals surface area contributed by atoms with E-state index in [0.717, 1.165) is 28.1 Å². The number of nitrogens with one attached hydrogen (secondary N) is 2. The number of para-hydroxylation sites is 1. The summed E-state index contributed by atoms with van der Waals surface area (Å²) >= 11 is 0. The molecule has 1 fully saturated rings. The van der Waals surface area contributed by atoms with Crippen LogP contribution in [0.2, 0.25) is 0 Å². The minimum absolute atomic E-state index is 0.0167. The van der Waals surface area contributed by atoms with E-state index in [2.05, 4.69) is 10.3 Å². The summed E-state index contributed by atoms with van der Waals surface area (Å²) in [5, 5.41) is 3.00. The van der Waals surface area contributed by atoms with E-state index in [0.29, 0.717) is 57.6 Å². The van der Waals surface area contributed by atoms with Gasteiger partial charge in [-0.05, 0) is 57.2 Å². The summed E-state index contributed by atoms with van der Waals surface area (Å²) < 4.78 is 10.4. The van der Waals surface area contributed by atoms with E-state index in [4.69, 9.17) is 9.47 Å². The molecular formula is C26H35N3O5. The molecule has 184 valence electrons. The molecule has 0 saturated carbocycles. The van der Waals surface area contributed by atoms with Crippen LogP contribution in [-0.4, -0.2) is 54.5 Å². The normalized spacial score (nSPS) is 14.1. The molecular weight excluding hydrogens is 434 g/mol. The molecule has 2 aromatic rings. The summed E-state index contributed by atoms with van der Waals surface area (Å²) in [6.07, 6.45) is 2.23. The van der Waals surface area contributed by atoms with Crippen molar-refractivity contribution in [3.63, 3.8) is 0 Å². The van der Waals surface area contributed by atoms with E-state index < -0.39 is 0 Å². The second-order valence-electron chi connectivity index (χ2n) is 8.63. The number of aryl methyl sites for hydroxylation is 1. The zero-order chi connectivity index (χ0) is 24.7. The molecule has 2 heterocycles. The van der Waals surface area contributed by atoms with E-state index >= 15 is 0 Å². The van der Waals surface area contributed by atoms with Crippen LogP contribution in [0, 0.1) is 19.8 Å². The first-order chi connectivity index (χ1) is 16.3. The first-order valence-corrected chi connectivity index (χ1v) is 11.9. The van der Waals surface area contributed by atoms with Crippen LogP contribution in [0.3, 0.4) is 0 Å². The standard InChI is InChI=1S/C26H35N3O5/c1-5-34-26(32)24-17(2)21(18(3)28-24)10-11-23(30)29-14-12-19(13-15-29)25(31)27-16-20-8-6-7-9-22(20)33-4/h6-9,19,28H,5,10-16H2,1-4H3,(H,27,31). The molecule has 3 rings (SSSR count). The Labute approximate surface area is 201 Å². The Morgan fingerprint density at radius 2 is 1.85 bits per heavy atom. The molecule has 0 atom stereocenters. The number of rotatable bonds is 9. The van der Waals surface area contributed by atoms with Crippen molar-refractivity contribution in [2.45, 2.75) is 53.0 Å². The number of hydrogen-bond acceptors (Lipinski definition) is 5. The molecule has 1 aliphatic heterocycles. The minimum atomic E-state index is -0.369. The van der Waals surface area contributed by atoms with Gasteiger partial charge in [0.05, 0.1) is 13.7 Å². The van der Waals surface area contributed by atoms with Crippen molar-refractivity contribution in [3.05, 3.63) is 52.3 Å². The van der Waals surface area contributed by atoms with E-state index in [1.54, 1.807) is 14.0 Å². The fourth-order valence-electron chi connectivity index (χ4n) is 4.53. The second-order valence-corrected chi connectivity index (χ2v) is 8.63. The molecule has 8 nitrogen and oxygen atoms in total.